The van der Waals surface area contributed by atoms with Crippen molar-refractivity contribution in [3.05, 3.63) is 54.0 Å². The first-order chi connectivity index (χ1) is 12.6. The fraction of sp³-hybridized carbons (Fsp3) is 0.368. The molecular formula is C19H23N5O2. The molecule has 136 valence electrons. The van der Waals surface area contributed by atoms with E-state index in [-0.39, 0.29) is 23.8 Å². The van der Waals surface area contributed by atoms with Gasteiger partial charge >= 0.3 is 0 Å². The Hall–Kier alpha value is -2.96. The molecule has 7 nitrogen and oxygen atoms in total. The molecule has 3 heterocycles. The van der Waals surface area contributed by atoms with Crippen molar-refractivity contribution in [1.29, 1.82) is 0 Å². The van der Waals surface area contributed by atoms with Gasteiger partial charge in [-0.15, -0.1) is 0 Å². The maximum atomic E-state index is 12.2. The topological polar surface area (TPSA) is 87.2 Å². The number of aromatic nitrogens is 2. The number of likely N-dealkylation sites (tertiary alicyclic amines) is 1. The van der Waals surface area contributed by atoms with Crippen LogP contribution >= 0.6 is 0 Å². The number of amides is 2. The van der Waals surface area contributed by atoms with Gasteiger partial charge in [-0.05, 0) is 30.7 Å². The summed E-state index contributed by atoms with van der Waals surface area (Å²) in [6.45, 7) is 3.07. The lowest BCUT2D eigenvalue weighted by Crippen LogP contribution is -2.26. The van der Waals surface area contributed by atoms with Crippen LogP contribution < -0.4 is 10.6 Å². The van der Waals surface area contributed by atoms with Gasteiger partial charge in [0.15, 0.2) is 0 Å². The number of nitrogens with one attached hydrogen (secondary N) is 2. The Kier molecular flexibility index (Phi) is 5.46. The highest BCUT2D eigenvalue weighted by Gasteiger charge is 2.38. The van der Waals surface area contributed by atoms with Crippen LogP contribution in [0.15, 0.2) is 42.9 Å². The summed E-state index contributed by atoms with van der Waals surface area (Å²) < 4.78 is 0. The molecule has 0 bridgehead atoms. The van der Waals surface area contributed by atoms with Gasteiger partial charge in [0.25, 0.3) is 5.91 Å². The molecule has 0 aliphatic carbocycles. The summed E-state index contributed by atoms with van der Waals surface area (Å²) in [5.74, 6) is 0.808. The first kappa shape index (κ1) is 17.8. The average molecular weight is 353 g/mol. The molecule has 26 heavy (non-hydrogen) atoms. The van der Waals surface area contributed by atoms with E-state index in [2.05, 4.69) is 20.6 Å². The van der Waals surface area contributed by atoms with Crippen molar-refractivity contribution in [3.63, 3.8) is 0 Å². The van der Waals surface area contributed by atoms with E-state index in [0.29, 0.717) is 30.9 Å². The largest absolute Gasteiger partial charge is 0.370 e. The van der Waals surface area contributed by atoms with E-state index in [1.807, 2.05) is 32.3 Å². The molecular weight excluding hydrogens is 330 g/mol. The maximum Gasteiger partial charge on any atom is 0.252 e. The molecule has 0 unspecified atom stereocenters. The number of nitrogens with zero attached hydrogens (tertiary/aromatic N) is 3. The lowest BCUT2D eigenvalue weighted by atomic mass is 9.94. The van der Waals surface area contributed by atoms with E-state index in [1.54, 1.807) is 29.4 Å². The fourth-order valence-corrected chi connectivity index (χ4v) is 3.31. The Bertz CT molecular complexity index is 763. The quantitative estimate of drug-likeness (QED) is 0.828. The monoisotopic (exact) mass is 353 g/mol. The van der Waals surface area contributed by atoms with Crippen molar-refractivity contribution in [3.8, 4) is 0 Å². The van der Waals surface area contributed by atoms with E-state index in [9.17, 15) is 9.59 Å². The summed E-state index contributed by atoms with van der Waals surface area (Å²) in [5, 5.41) is 6.03. The van der Waals surface area contributed by atoms with E-state index >= 15 is 0 Å². The van der Waals surface area contributed by atoms with Gasteiger partial charge in [0.1, 0.15) is 5.82 Å². The predicted molar refractivity (Wildman–Crippen MR) is 98.6 cm³/mol. The average Bonchev–Trinajstić information content (AvgIpc) is 2.95. The SMILES string of the molecule is CCNC(=O)c1ccc(NC[C@@H]2CC(=O)N(C)[C@H]2c2cccnc2)nc1. The molecule has 2 aromatic rings. The van der Waals surface area contributed by atoms with Crippen molar-refractivity contribution >= 4 is 17.6 Å². The minimum Gasteiger partial charge on any atom is -0.370 e. The minimum absolute atomic E-state index is 0.00157. The Morgan fingerprint density at radius 1 is 1.31 bits per heavy atom. The van der Waals surface area contributed by atoms with Gasteiger partial charge in [0, 0.05) is 51.1 Å². The van der Waals surface area contributed by atoms with Crippen molar-refractivity contribution in [1.82, 2.24) is 20.2 Å². The van der Waals surface area contributed by atoms with Crippen LogP contribution in [0.5, 0.6) is 0 Å². The van der Waals surface area contributed by atoms with Crippen LogP contribution in [-0.2, 0) is 4.79 Å². The van der Waals surface area contributed by atoms with Gasteiger partial charge in [-0.25, -0.2) is 4.98 Å². The maximum absolute atomic E-state index is 12.2. The van der Waals surface area contributed by atoms with Crippen LogP contribution in [0.4, 0.5) is 5.82 Å². The highest BCUT2D eigenvalue weighted by atomic mass is 16.2. The van der Waals surface area contributed by atoms with Crippen LogP contribution in [0.25, 0.3) is 0 Å². The van der Waals surface area contributed by atoms with Gasteiger partial charge in [0.2, 0.25) is 5.91 Å². The van der Waals surface area contributed by atoms with Gasteiger partial charge in [-0.2, -0.15) is 0 Å². The zero-order valence-corrected chi connectivity index (χ0v) is 15.0. The third-order valence-corrected chi connectivity index (χ3v) is 4.63. The number of hydrogen-bond acceptors (Lipinski definition) is 5. The van der Waals surface area contributed by atoms with E-state index in [0.717, 1.165) is 5.56 Å². The molecule has 7 heteroatoms. The van der Waals surface area contributed by atoms with Crippen molar-refractivity contribution in [2.75, 3.05) is 25.5 Å². The van der Waals surface area contributed by atoms with E-state index in [1.165, 1.54) is 0 Å². The molecule has 2 amide bonds. The molecule has 3 rings (SSSR count). The highest BCUT2D eigenvalue weighted by molar-refractivity contribution is 5.93. The number of carbonyl (C=O) groups excluding carboxylic acids is 2. The second-order valence-electron chi connectivity index (χ2n) is 6.37. The summed E-state index contributed by atoms with van der Waals surface area (Å²) in [6, 6.07) is 7.41. The van der Waals surface area contributed by atoms with E-state index < -0.39 is 0 Å². The lowest BCUT2D eigenvalue weighted by molar-refractivity contribution is -0.127. The fourth-order valence-electron chi connectivity index (χ4n) is 3.31. The van der Waals surface area contributed by atoms with Crippen LogP contribution in [0.2, 0.25) is 0 Å². The number of pyridine rings is 2. The van der Waals surface area contributed by atoms with Gasteiger partial charge < -0.3 is 15.5 Å². The second kappa shape index (κ2) is 7.95. The minimum atomic E-state index is -0.133. The summed E-state index contributed by atoms with van der Waals surface area (Å²) in [6.07, 6.45) is 5.58. The van der Waals surface area contributed by atoms with Crippen LogP contribution in [0.3, 0.4) is 0 Å². The molecule has 1 fully saturated rings. The van der Waals surface area contributed by atoms with Crippen LogP contribution in [-0.4, -0.2) is 46.8 Å². The van der Waals surface area contributed by atoms with E-state index in [4.69, 9.17) is 0 Å². The third kappa shape index (κ3) is 3.82. The molecule has 1 saturated heterocycles. The third-order valence-electron chi connectivity index (χ3n) is 4.63. The molecule has 0 aromatic carbocycles. The summed E-state index contributed by atoms with van der Waals surface area (Å²) in [4.78, 5) is 34.2. The molecule has 1 aliphatic rings. The Labute approximate surface area is 152 Å². The number of anilines is 1. The van der Waals surface area contributed by atoms with Gasteiger partial charge in [-0.1, -0.05) is 6.07 Å². The Morgan fingerprint density at radius 3 is 2.81 bits per heavy atom. The predicted octanol–water partition coefficient (Wildman–Crippen LogP) is 1.86. The Morgan fingerprint density at radius 2 is 2.15 bits per heavy atom. The molecule has 0 radical (unpaired) electrons. The summed E-state index contributed by atoms with van der Waals surface area (Å²) in [5.41, 5.74) is 1.56. The van der Waals surface area contributed by atoms with Crippen molar-refractivity contribution < 1.29 is 9.59 Å². The molecule has 2 aromatic heterocycles. The molecule has 1 aliphatic heterocycles. The summed E-state index contributed by atoms with van der Waals surface area (Å²) in [7, 11) is 1.83. The molecule has 2 atom stereocenters. The van der Waals surface area contributed by atoms with Crippen molar-refractivity contribution in [2.45, 2.75) is 19.4 Å². The zero-order chi connectivity index (χ0) is 18.5. The normalized spacial score (nSPS) is 19.5. The van der Waals surface area contributed by atoms with Crippen LogP contribution in [0, 0.1) is 5.92 Å². The van der Waals surface area contributed by atoms with Crippen LogP contribution in [0.1, 0.15) is 35.3 Å². The first-order valence-electron chi connectivity index (χ1n) is 8.74. The van der Waals surface area contributed by atoms with Gasteiger partial charge in [-0.3, -0.25) is 14.6 Å². The molecule has 0 spiro atoms. The zero-order valence-electron chi connectivity index (χ0n) is 15.0. The molecule has 2 N–H and O–H groups in total. The first-order valence-corrected chi connectivity index (χ1v) is 8.74. The smallest absolute Gasteiger partial charge is 0.252 e. The van der Waals surface area contributed by atoms with Crippen molar-refractivity contribution in [2.24, 2.45) is 5.92 Å². The summed E-state index contributed by atoms with van der Waals surface area (Å²) >= 11 is 0. The Balaban J connectivity index is 1.66. The number of carbonyl (C=O) groups is 2. The second-order valence-corrected chi connectivity index (χ2v) is 6.37. The lowest BCUT2D eigenvalue weighted by Gasteiger charge is -2.25. The molecule has 0 saturated carbocycles. The number of rotatable bonds is 6. The number of hydrogen-bond donors (Lipinski definition) is 2. The standard InChI is InChI=1S/C19H23N5O2/c1-3-21-19(26)14-6-7-16(22-11-14)23-12-15-9-17(25)24(2)18(15)13-5-4-8-20-10-13/h4-8,10-11,15,18H,3,9,12H2,1-2H3,(H,21,26)(H,22,23)/t15-,18-/m0/s1. The highest BCUT2D eigenvalue weighted by Crippen LogP contribution is 2.36. The van der Waals surface area contributed by atoms with Gasteiger partial charge in [0.05, 0.1) is 11.6 Å².